The van der Waals surface area contributed by atoms with Gasteiger partial charge in [-0.15, -0.1) is 0 Å². The highest BCUT2D eigenvalue weighted by Crippen LogP contribution is 2.06. The van der Waals surface area contributed by atoms with Gasteiger partial charge in [0.2, 0.25) is 0 Å². The first-order chi connectivity index (χ1) is 8.22. The summed E-state index contributed by atoms with van der Waals surface area (Å²) >= 11 is 0. The highest BCUT2D eigenvalue weighted by atomic mass is 15.4. The van der Waals surface area contributed by atoms with E-state index in [0.29, 0.717) is 0 Å². The summed E-state index contributed by atoms with van der Waals surface area (Å²) < 4.78 is 4.30. The van der Waals surface area contributed by atoms with Crippen LogP contribution < -0.4 is 5.43 Å². The first kappa shape index (κ1) is 11.8. The average molecular weight is 232 g/mol. The topological polar surface area (TPSA) is 34.8 Å². The fourth-order valence-electron chi connectivity index (χ4n) is 2.02. The van der Waals surface area contributed by atoms with Gasteiger partial charge in [-0.05, 0) is 32.4 Å². The minimum Gasteiger partial charge on any atom is -0.333 e. The molecule has 2 rings (SSSR count). The monoisotopic (exact) mass is 232 g/mol. The van der Waals surface area contributed by atoms with E-state index in [1.807, 2.05) is 12.4 Å². The summed E-state index contributed by atoms with van der Waals surface area (Å²) in [5, 5.41) is 0. The molecule has 4 nitrogen and oxygen atoms in total. The Morgan fingerprint density at radius 2 is 1.94 bits per heavy atom. The van der Waals surface area contributed by atoms with Crippen LogP contribution in [0.1, 0.15) is 30.6 Å². The maximum Gasteiger partial charge on any atom is 0.129 e. The molecule has 0 fully saturated rings. The number of nitrogens with zero attached hydrogens (tertiary/aromatic N) is 3. The van der Waals surface area contributed by atoms with E-state index >= 15 is 0 Å². The van der Waals surface area contributed by atoms with Gasteiger partial charge < -0.3 is 9.99 Å². The lowest BCUT2D eigenvalue weighted by Crippen LogP contribution is -2.19. The molecule has 0 atom stereocenters. The first-order valence-corrected chi connectivity index (χ1v) is 6.11. The Balaban J connectivity index is 2.05. The number of nitrogens with one attached hydrogen (secondary N) is 1. The van der Waals surface area contributed by atoms with Crippen LogP contribution in [-0.2, 0) is 13.1 Å². The van der Waals surface area contributed by atoms with Gasteiger partial charge in [0.05, 0.1) is 6.54 Å². The highest BCUT2D eigenvalue weighted by molar-refractivity contribution is 5.15. The van der Waals surface area contributed by atoms with Crippen molar-refractivity contribution in [3.8, 4) is 0 Å². The van der Waals surface area contributed by atoms with E-state index in [1.54, 1.807) is 0 Å². The largest absolute Gasteiger partial charge is 0.333 e. The van der Waals surface area contributed by atoms with Crippen molar-refractivity contribution in [1.29, 1.82) is 0 Å². The zero-order chi connectivity index (χ0) is 12.3. The van der Waals surface area contributed by atoms with Crippen molar-refractivity contribution in [3.05, 3.63) is 41.7 Å². The third-order valence-electron chi connectivity index (χ3n) is 2.93. The van der Waals surface area contributed by atoms with Crippen molar-refractivity contribution in [1.82, 2.24) is 14.2 Å². The van der Waals surface area contributed by atoms with Crippen LogP contribution in [0, 0.1) is 13.8 Å². The predicted octanol–water partition coefficient (Wildman–Crippen LogP) is 2.46. The van der Waals surface area contributed by atoms with Crippen LogP contribution in [0.4, 0.5) is 0 Å². The number of imidazole rings is 1. The average Bonchev–Trinajstić information content (AvgIpc) is 2.86. The second kappa shape index (κ2) is 5.08. The van der Waals surface area contributed by atoms with Crippen LogP contribution >= 0.6 is 0 Å². The SMILES string of the molecule is CCCn1ccnc1CNn1c(C)ccc1C. The fraction of sp³-hybridized carbons (Fsp3) is 0.462. The molecule has 17 heavy (non-hydrogen) atoms. The van der Waals surface area contributed by atoms with E-state index in [0.717, 1.165) is 25.3 Å². The molecule has 0 amide bonds. The molecule has 0 aliphatic heterocycles. The van der Waals surface area contributed by atoms with Crippen LogP contribution in [0.3, 0.4) is 0 Å². The zero-order valence-corrected chi connectivity index (χ0v) is 10.8. The van der Waals surface area contributed by atoms with Gasteiger partial charge in [0.1, 0.15) is 5.82 Å². The number of hydrogen-bond donors (Lipinski definition) is 1. The normalized spacial score (nSPS) is 10.8. The summed E-state index contributed by atoms with van der Waals surface area (Å²) in [6, 6.07) is 4.22. The van der Waals surface area contributed by atoms with Crippen LogP contribution in [0.5, 0.6) is 0 Å². The van der Waals surface area contributed by atoms with E-state index < -0.39 is 0 Å². The van der Waals surface area contributed by atoms with Crippen LogP contribution in [-0.4, -0.2) is 14.2 Å². The first-order valence-electron chi connectivity index (χ1n) is 6.11. The lowest BCUT2D eigenvalue weighted by molar-refractivity contribution is 0.630. The molecule has 0 aliphatic carbocycles. The number of aromatic nitrogens is 3. The maximum atomic E-state index is 4.38. The Hall–Kier alpha value is -1.71. The molecule has 0 bridgehead atoms. The third kappa shape index (κ3) is 2.52. The Kier molecular flexibility index (Phi) is 3.52. The summed E-state index contributed by atoms with van der Waals surface area (Å²) in [6.07, 6.45) is 5.03. The molecular formula is C13H20N4. The molecule has 4 heteroatoms. The molecule has 0 unspecified atom stereocenters. The van der Waals surface area contributed by atoms with E-state index in [2.05, 4.69) is 52.6 Å². The van der Waals surface area contributed by atoms with E-state index in [-0.39, 0.29) is 0 Å². The van der Waals surface area contributed by atoms with E-state index in [4.69, 9.17) is 0 Å². The minimum atomic E-state index is 0.753. The van der Waals surface area contributed by atoms with Gasteiger partial charge in [0, 0.05) is 30.3 Å². The van der Waals surface area contributed by atoms with Crippen molar-refractivity contribution in [2.24, 2.45) is 0 Å². The van der Waals surface area contributed by atoms with Gasteiger partial charge in [-0.2, -0.15) is 0 Å². The number of rotatable bonds is 5. The van der Waals surface area contributed by atoms with Crippen molar-refractivity contribution >= 4 is 0 Å². The van der Waals surface area contributed by atoms with Crippen molar-refractivity contribution in [3.63, 3.8) is 0 Å². The summed E-state index contributed by atoms with van der Waals surface area (Å²) in [6.45, 7) is 8.15. The zero-order valence-electron chi connectivity index (χ0n) is 10.8. The van der Waals surface area contributed by atoms with Gasteiger partial charge in [-0.3, -0.25) is 4.68 Å². The van der Waals surface area contributed by atoms with Crippen molar-refractivity contribution in [2.45, 2.75) is 40.3 Å². The van der Waals surface area contributed by atoms with Crippen molar-refractivity contribution < 1.29 is 0 Å². The van der Waals surface area contributed by atoms with E-state index in [1.165, 1.54) is 11.4 Å². The molecule has 2 aromatic rings. The minimum absolute atomic E-state index is 0.753. The molecule has 2 aromatic heterocycles. The lowest BCUT2D eigenvalue weighted by Gasteiger charge is -2.13. The quantitative estimate of drug-likeness (QED) is 0.859. The fourth-order valence-corrected chi connectivity index (χ4v) is 2.02. The second-order valence-electron chi connectivity index (χ2n) is 4.32. The molecule has 0 saturated carbocycles. The Labute approximate surface area is 102 Å². The molecule has 92 valence electrons. The van der Waals surface area contributed by atoms with Crippen LogP contribution in [0.15, 0.2) is 24.5 Å². The Morgan fingerprint density at radius 1 is 1.24 bits per heavy atom. The molecule has 0 radical (unpaired) electrons. The highest BCUT2D eigenvalue weighted by Gasteiger charge is 2.04. The molecule has 1 N–H and O–H groups in total. The predicted molar refractivity (Wildman–Crippen MR) is 69.5 cm³/mol. The molecule has 0 aromatic carbocycles. The smallest absolute Gasteiger partial charge is 0.129 e. The van der Waals surface area contributed by atoms with Crippen molar-refractivity contribution in [2.75, 3.05) is 5.43 Å². The van der Waals surface area contributed by atoms with Gasteiger partial charge >= 0.3 is 0 Å². The molecule has 0 aliphatic rings. The Bertz CT molecular complexity index is 462. The van der Waals surface area contributed by atoms with Crippen LogP contribution in [0.25, 0.3) is 0 Å². The molecule has 0 spiro atoms. The van der Waals surface area contributed by atoms with Gasteiger partial charge in [0.25, 0.3) is 0 Å². The lowest BCUT2D eigenvalue weighted by atomic mass is 10.4. The summed E-state index contributed by atoms with van der Waals surface area (Å²) in [7, 11) is 0. The van der Waals surface area contributed by atoms with Gasteiger partial charge in [0.15, 0.2) is 0 Å². The molecule has 0 saturated heterocycles. The van der Waals surface area contributed by atoms with Crippen LogP contribution in [0.2, 0.25) is 0 Å². The number of aryl methyl sites for hydroxylation is 3. The molecular weight excluding hydrogens is 212 g/mol. The standard InChI is InChI=1S/C13H20N4/c1-4-8-16-9-7-14-13(16)10-15-17-11(2)5-6-12(17)3/h5-7,9,15H,4,8,10H2,1-3H3. The summed E-state index contributed by atoms with van der Waals surface area (Å²) in [5.41, 5.74) is 5.83. The van der Waals surface area contributed by atoms with Gasteiger partial charge in [-0.1, -0.05) is 6.92 Å². The van der Waals surface area contributed by atoms with E-state index in [9.17, 15) is 0 Å². The Morgan fingerprint density at radius 3 is 2.59 bits per heavy atom. The van der Waals surface area contributed by atoms with Gasteiger partial charge in [-0.25, -0.2) is 4.98 Å². The summed E-state index contributed by atoms with van der Waals surface area (Å²) in [4.78, 5) is 4.38. The third-order valence-corrected chi connectivity index (χ3v) is 2.93. The summed E-state index contributed by atoms with van der Waals surface area (Å²) in [5.74, 6) is 1.08. The maximum absolute atomic E-state index is 4.38. The number of hydrogen-bond acceptors (Lipinski definition) is 2. The second-order valence-corrected chi connectivity index (χ2v) is 4.32. The molecule has 2 heterocycles.